The third-order valence-corrected chi connectivity index (χ3v) is 4.18. The third-order valence-electron chi connectivity index (χ3n) is 4.18. The summed E-state index contributed by atoms with van der Waals surface area (Å²) in [6.07, 6.45) is 4.92. The predicted octanol–water partition coefficient (Wildman–Crippen LogP) is 2.12. The van der Waals surface area contributed by atoms with Crippen LogP contribution in [0.1, 0.15) is 49.9 Å². The maximum atomic E-state index is 5.54. The molecule has 0 N–H and O–H groups in total. The minimum Gasteiger partial charge on any atom is -0.380 e. The Hall–Kier alpha value is -1.73. The van der Waals surface area contributed by atoms with Crippen LogP contribution in [0.15, 0.2) is 16.9 Å². The van der Waals surface area contributed by atoms with Crippen LogP contribution in [0.3, 0.4) is 0 Å². The maximum absolute atomic E-state index is 5.54. The van der Waals surface area contributed by atoms with Crippen molar-refractivity contribution in [2.45, 2.75) is 51.9 Å². The number of aromatic nitrogens is 4. The van der Waals surface area contributed by atoms with Crippen molar-refractivity contribution in [2.24, 2.45) is 0 Å². The van der Waals surface area contributed by atoms with E-state index in [1.54, 1.807) is 7.11 Å². The Morgan fingerprint density at radius 2 is 2.27 bits per heavy atom. The van der Waals surface area contributed by atoms with Gasteiger partial charge in [0, 0.05) is 32.1 Å². The van der Waals surface area contributed by atoms with Crippen LogP contribution in [0.4, 0.5) is 0 Å². The molecule has 7 nitrogen and oxygen atoms in total. The van der Waals surface area contributed by atoms with Gasteiger partial charge in [0.25, 0.3) is 0 Å². The van der Waals surface area contributed by atoms with Gasteiger partial charge in [-0.2, -0.15) is 4.98 Å². The van der Waals surface area contributed by atoms with Gasteiger partial charge in [0.15, 0.2) is 5.82 Å². The molecule has 2 atom stereocenters. The molecule has 0 spiro atoms. The van der Waals surface area contributed by atoms with Crippen LogP contribution in [-0.2, 0) is 11.3 Å². The van der Waals surface area contributed by atoms with Crippen molar-refractivity contribution >= 4 is 0 Å². The van der Waals surface area contributed by atoms with E-state index in [4.69, 9.17) is 9.26 Å². The van der Waals surface area contributed by atoms with Gasteiger partial charge in [-0.3, -0.25) is 4.90 Å². The molecule has 22 heavy (non-hydrogen) atoms. The van der Waals surface area contributed by atoms with Crippen molar-refractivity contribution < 1.29 is 9.26 Å². The zero-order chi connectivity index (χ0) is 15.7. The van der Waals surface area contributed by atoms with E-state index >= 15 is 0 Å². The smallest absolute Gasteiger partial charge is 0.244 e. The van der Waals surface area contributed by atoms with Crippen molar-refractivity contribution in [3.8, 4) is 0 Å². The topological polar surface area (TPSA) is 69.2 Å². The van der Waals surface area contributed by atoms with E-state index in [9.17, 15) is 0 Å². The van der Waals surface area contributed by atoms with E-state index in [0.717, 1.165) is 25.3 Å². The molecule has 0 unspecified atom stereocenters. The van der Waals surface area contributed by atoms with E-state index in [2.05, 4.69) is 38.4 Å². The summed E-state index contributed by atoms with van der Waals surface area (Å²) in [5, 5.41) is 3.91. The number of aryl methyl sites for hydroxylation is 1. The number of nitrogens with zero attached hydrogens (tertiary/aromatic N) is 5. The first-order valence-electron chi connectivity index (χ1n) is 7.67. The molecule has 1 fully saturated rings. The zero-order valence-electron chi connectivity index (χ0n) is 13.6. The van der Waals surface area contributed by atoms with E-state index in [0.29, 0.717) is 17.8 Å². The quantitative estimate of drug-likeness (QED) is 0.843. The molecule has 0 aliphatic carbocycles. The van der Waals surface area contributed by atoms with E-state index < -0.39 is 0 Å². The zero-order valence-corrected chi connectivity index (χ0v) is 13.6. The second-order valence-corrected chi connectivity index (χ2v) is 6.06. The molecule has 1 saturated heterocycles. The van der Waals surface area contributed by atoms with E-state index in [-0.39, 0.29) is 12.1 Å². The molecule has 2 aromatic rings. The summed E-state index contributed by atoms with van der Waals surface area (Å²) in [6.45, 7) is 7.74. The van der Waals surface area contributed by atoms with Gasteiger partial charge in [0.05, 0.1) is 18.7 Å². The lowest BCUT2D eigenvalue weighted by molar-refractivity contribution is 0.106. The molecule has 1 aliphatic rings. The lowest BCUT2D eigenvalue weighted by atomic mass is 10.2. The van der Waals surface area contributed by atoms with Crippen molar-refractivity contribution in [2.75, 3.05) is 13.7 Å². The minimum atomic E-state index is 0.0865. The molecule has 0 radical (unpaired) electrons. The summed E-state index contributed by atoms with van der Waals surface area (Å²) in [5.74, 6) is 2.38. The molecule has 1 aliphatic heterocycles. The fraction of sp³-hybridized carbons (Fsp3) is 0.667. The fourth-order valence-electron chi connectivity index (χ4n) is 3.03. The van der Waals surface area contributed by atoms with Crippen molar-refractivity contribution in [3.63, 3.8) is 0 Å². The van der Waals surface area contributed by atoms with Crippen molar-refractivity contribution in [1.29, 1.82) is 0 Å². The third kappa shape index (κ3) is 2.91. The first-order chi connectivity index (χ1) is 10.6. The van der Waals surface area contributed by atoms with Crippen LogP contribution in [0.25, 0.3) is 0 Å². The van der Waals surface area contributed by atoms with Crippen LogP contribution >= 0.6 is 0 Å². The molecule has 0 bridgehead atoms. The summed E-state index contributed by atoms with van der Waals surface area (Å²) in [4.78, 5) is 11.2. The van der Waals surface area contributed by atoms with E-state index in [1.807, 2.05) is 19.3 Å². The van der Waals surface area contributed by atoms with Gasteiger partial charge < -0.3 is 13.8 Å². The van der Waals surface area contributed by atoms with Crippen LogP contribution in [0.5, 0.6) is 0 Å². The Balaban J connectivity index is 1.81. The van der Waals surface area contributed by atoms with Gasteiger partial charge in [-0.15, -0.1) is 0 Å². The standard InChI is InChI=1S/C15H23N5O2/c1-10(2)20-6-5-16-14(20)9-19-8-12(21-4)7-13(19)15-17-11(3)18-22-15/h5-6,10,12-13H,7-9H2,1-4H3/t12-,13-/m1/s1. The van der Waals surface area contributed by atoms with Gasteiger partial charge in [-0.25, -0.2) is 4.98 Å². The summed E-state index contributed by atoms with van der Waals surface area (Å²) >= 11 is 0. The van der Waals surface area contributed by atoms with Crippen LogP contribution in [0.2, 0.25) is 0 Å². The molecule has 120 valence electrons. The Morgan fingerprint density at radius 3 is 2.91 bits per heavy atom. The molecule has 0 saturated carbocycles. The van der Waals surface area contributed by atoms with Gasteiger partial charge in [-0.1, -0.05) is 5.16 Å². The van der Waals surface area contributed by atoms with Crippen molar-refractivity contribution in [1.82, 2.24) is 24.6 Å². The molecule has 7 heteroatoms. The first-order valence-corrected chi connectivity index (χ1v) is 7.67. The molecular formula is C15H23N5O2. The minimum absolute atomic E-state index is 0.0865. The normalized spacial score (nSPS) is 22.8. The highest BCUT2D eigenvalue weighted by Crippen LogP contribution is 2.33. The molecular weight excluding hydrogens is 282 g/mol. The highest BCUT2D eigenvalue weighted by Gasteiger charge is 2.37. The van der Waals surface area contributed by atoms with Crippen LogP contribution in [0, 0.1) is 6.92 Å². The number of ether oxygens (including phenoxy) is 1. The Kier molecular flexibility index (Phi) is 4.26. The van der Waals surface area contributed by atoms with Gasteiger partial charge >= 0.3 is 0 Å². The molecule has 0 amide bonds. The molecule has 3 heterocycles. The summed E-state index contributed by atoms with van der Waals surface area (Å²) in [6, 6.07) is 0.478. The molecule has 0 aromatic carbocycles. The number of imidazole rings is 1. The Labute approximate surface area is 130 Å². The highest BCUT2D eigenvalue weighted by molar-refractivity contribution is 5.02. The summed E-state index contributed by atoms with van der Waals surface area (Å²) in [5.41, 5.74) is 0. The summed E-state index contributed by atoms with van der Waals surface area (Å²) in [7, 11) is 1.75. The van der Waals surface area contributed by atoms with Crippen LogP contribution < -0.4 is 0 Å². The second-order valence-electron chi connectivity index (χ2n) is 6.06. The monoisotopic (exact) mass is 305 g/mol. The number of rotatable bonds is 5. The number of likely N-dealkylation sites (tertiary alicyclic amines) is 1. The summed E-state index contributed by atoms with van der Waals surface area (Å²) < 4.78 is 13.1. The maximum Gasteiger partial charge on any atom is 0.244 e. The van der Waals surface area contributed by atoms with Gasteiger partial charge in [0.1, 0.15) is 5.82 Å². The highest BCUT2D eigenvalue weighted by atomic mass is 16.5. The average Bonchev–Trinajstić information content (AvgIpc) is 3.18. The average molecular weight is 305 g/mol. The number of hydrogen-bond donors (Lipinski definition) is 0. The Bertz CT molecular complexity index is 621. The van der Waals surface area contributed by atoms with Gasteiger partial charge in [-0.05, 0) is 27.2 Å². The number of methoxy groups -OCH3 is 1. The lowest BCUT2D eigenvalue weighted by Gasteiger charge is -2.22. The Morgan fingerprint density at radius 1 is 1.45 bits per heavy atom. The van der Waals surface area contributed by atoms with Crippen molar-refractivity contribution in [3.05, 3.63) is 29.9 Å². The predicted molar refractivity (Wildman–Crippen MR) is 80.2 cm³/mol. The first kappa shape index (κ1) is 15.2. The van der Waals surface area contributed by atoms with Gasteiger partial charge in [0.2, 0.25) is 5.89 Å². The number of hydrogen-bond acceptors (Lipinski definition) is 6. The largest absolute Gasteiger partial charge is 0.380 e. The molecule has 3 rings (SSSR count). The molecule has 2 aromatic heterocycles. The lowest BCUT2D eigenvalue weighted by Crippen LogP contribution is -2.27. The fourth-order valence-corrected chi connectivity index (χ4v) is 3.03. The second kappa shape index (κ2) is 6.18. The van der Waals surface area contributed by atoms with Crippen LogP contribution in [-0.4, -0.2) is 44.4 Å². The van der Waals surface area contributed by atoms with E-state index in [1.165, 1.54) is 0 Å². The SMILES string of the molecule is CO[C@@H]1C[C@H](c2nc(C)no2)N(Cc2nccn2C(C)C)C1.